The van der Waals surface area contributed by atoms with Crippen LogP contribution in [-0.4, -0.2) is 58.6 Å². The second-order valence-electron chi connectivity index (χ2n) is 7.86. The first kappa shape index (κ1) is 22.4. The van der Waals surface area contributed by atoms with E-state index in [1.165, 1.54) is 38.7 Å². The summed E-state index contributed by atoms with van der Waals surface area (Å²) >= 11 is 1.46. The zero-order valence-electron chi connectivity index (χ0n) is 17.9. The highest BCUT2D eigenvalue weighted by Gasteiger charge is 2.33. The Balaban J connectivity index is 1.64. The average Bonchev–Trinajstić information content (AvgIpc) is 3.42. The minimum Gasteiger partial charge on any atom is -0.246 e. The van der Waals surface area contributed by atoms with Crippen LogP contribution >= 0.6 is 11.3 Å². The first-order chi connectivity index (χ1) is 15.3. The van der Waals surface area contributed by atoms with Crippen LogP contribution in [0, 0.1) is 11.3 Å². The maximum Gasteiger partial charge on any atom is 0.351 e. The van der Waals surface area contributed by atoms with Crippen LogP contribution in [0.5, 0.6) is 0 Å². The summed E-state index contributed by atoms with van der Waals surface area (Å²) in [6.45, 7) is 1.06. The molecule has 0 aliphatic carbocycles. The summed E-state index contributed by atoms with van der Waals surface area (Å²) in [6, 6.07) is 12.9. The third-order valence-electron chi connectivity index (χ3n) is 5.61. The Bertz CT molecular complexity index is 1280. The molecule has 0 bridgehead atoms. The maximum atomic E-state index is 13.3. The Hall–Kier alpha value is -2.78. The van der Waals surface area contributed by atoms with E-state index >= 15 is 0 Å². The van der Waals surface area contributed by atoms with Crippen LogP contribution in [0.15, 0.2) is 46.6 Å². The number of piperidine rings is 1. The lowest BCUT2D eigenvalue weighted by molar-refractivity contribution is 0.295. The van der Waals surface area contributed by atoms with Gasteiger partial charge in [0.1, 0.15) is 10.8 Å². The zero-order valence-corrected chi connectivity index (χ0v) is 19.5. The van der Waals surface area contributed by atoms with E-state index in [0.29, 0.717) is 43.9 Å². The molecule has 0 radical (unpaired) electrons. The fraction of sp³-hybridized carbons (Fsp3) is 0.381. The number of thiophene rings is 1. The molecule has 1 aliphatic heterocycles. The topological polar surface area (TPSA) is 104 Å². The van der Waals surface area contributed by atoms with Gasteiger partial charge in [-0.15, -0.1) is 11.3 Å². The molecule has 168 valence electrons. The van der Waals surface area contributed by atoms with Crippen LogP contribution in [-0.2, 0) is 16.8 Å². The smallest absolute Gasteiger partial charge is 0.246 e. The molecule has 1 fully saturated rings. The molecule has 0 N–H and O–H groups in total. The summed E-state index contributed by atoms with van der Waals surface area (Å²) in [5.74, 6) is 0.633. The number of aromatic nitrogens is 3. The van der Waals surface area contributed by atoms with Gasteiger partial charge in [0.25, 0.3) is 10.2 Å². The van der Waals surface area contributed by atoms with E-state index in [-0.39, 0.29) is 11.6 Å². The van der Waals surface area contributed by atoms with Gasteiger partial charge in [0.2, 0.25) is 0 Å². The zero-order chi connectivity index (χ0) is 22.9. The van der Waals surface area contributed by atoms with Gasteiger partial charge in [-0.2, -0.15) is 27.4 Å². The summed E-state index contributed by atoms with van der Waals surface area (Å²) < 4.78 is 30.7. The largest absolute Gasteiger partial charge is 0.351 e. The monoisotopic (exact) mass is 472 g/mol. The highest BCUT2D eigenvalue weighted by atomic mass is 32.2. The number of hydrogen-bond acceptors (Lipinski definition) is 6. The summed E-state index contributed by atoms with van der Waals surface area (Å²) in [4.78, 5) is 13.3. The SMILES string of the molecule is CN(C)S(=O)(=O)N1CCC(c2nn(Cc3ccc(C#N)cc3)c(=O)n2-c2cccs2)CC1. The molecular weight excluding hydrogens is 448 g/mol. The van der Waals surface area contributed by atoms with Gasteiger partial charge in [0.05, 0.1) is 18.2 Å². The molecule has 11 heteroatoms. The summed E-state index contributed by atoms with van der Waals surface area (Å²) in [5, 5.41) is 16.4. The number of nitrogens with zero attached hydrogens (tertiary/aromatic N) is 6. The molecule has 3 heterocycles. The van der Waals surface area contributed by atoms with E-state index in [2.05, 4.69) is 11.2 Å². The third-order valence-corrected chi connectivity index (χ3v) is 8.41. The van der Waals surface area contributed by atoms with Crippen molar-refractivity contribution in [2.24, 2.45) is 0 Å². The van der Waals surface area contributed by atoms with Crippen LogP contribution < -0.4 is 5.69 Å². The van der Waals surface area contributed by atoms with Crippen molar-refractivity contribution in [1.82, 2.24) is 23.0 Å². The Kier molecular flexibility index (Phi) is 6.30. The van der Waals surface area contributed by atoms with Gasteiger partial charge in [-0.1, -0.05) is 12.1 Å². The molecule has 0 saturated carbocycles. The van der Waals surface area contributed by atoms with Gasteiger partial charge in [-0.25, -0.2) is 14.0 Å². The molecule has 4 rings (SSSR count). The van der Waals surface area contributed by atoms with E-state index in [1.807, 2.05) is 29.6 Å². The van der Waals surface area contributed by atoms with Crippen LogP contribution in [0.4, 0.5) is 0 Å². The molecule has 0 amide bonds. The van der Waals surface area contributed by atoms with Crippen molar-refractivity contribution in [3.8, 4) is 11.1 Å². The third kappa shape index (κ3) is 4.27. The van der Waals surface area contributed by atoms with Crippen molar-refractivity contribution >= 4 is 21.5 Å². The Morgan fingerprint density at radius 1 is 1.19 bits per heavy atom. The lowest BCUT2D eigenvalue weighted by atomic mass is 9.97. The Morgan fingerprint density at radius 2 is 1.88 bits per heavy atom. The molecule has 0 unspecified atom stereocenters. The predicted octanol–water partition coefficient (Wildman–Crippen LogP) is 2.00. The van der Waals surface area contributed by atoms with E-state index in [4.69, 9.17) is 5.26 Å². The van der Waals surface area contributed by atoms with E-state index in [1.54, 1.807) is 16.7 Å². The minimum atomic E-state index is -3.46. The highest BCUT2D eigenvalue weighted by molar-refractivity contribution is 7.86. The molecule has 0 atom stereocenters. The minimum absolute atomic E-state index is 0.0272. The first-order valence-electron chi connectivity index (χ1n) is 10.2. The molecule has 1 saturated heterocycles. The predicted molar refractivity (Wildman–Crippen MR) is 122 cm³/mol. The summed E-state index contributed by atoms with van der Waals surface area (Å²) in [6.07, 6.45) is 1.18. The maximum absolute atomic E-state index is 13.3. The first-order valence-corrected chi connectivity index (χ1v) is 12.5. The van der Waals surface area contributed by atoms with Crippen molar-refractivity contribution in [2.75, 3.05) is 27.2 Å². The molecule has 0 spiro atoms. The molecule has 3 aromatic rings. The van der Waals surface area contributed by atoms with Crippen LogP contribution in [0.2, 0.25) is 0 Å². The second kappa shape index (κ2) is 8.99. The van der Waals surface area contributed by atoms with Gasteiger partial charge < -0.3 is 0 Å². The van der Waals surface area contributed by atoms with Crippen LogP contribution in [0.1, 0.15) is 35.7 Å². The normalized spacial score (nSPS) is 15.8. The summed E-state index contributed by atoms with van der Waals surface area (Å²) in [5.41, 5.74) is 1.21. The number of rotatable bonds is 6. The van der Waals surface area contributed by atoms with Gasteiger partial charge in [-0.3, -0.25) is 0 Å². The second-order valence-corrected chi connectivity index (χ2v) is 10.9. The lowest BCUT2D eigenvalue weighted by Crippen LogP contribution is -2.44. The fourth-order valence-corrected chi connectivity index (χ4v) is 5.69. The van der Waals surface area contributed by atoms with Gasteiger partial charge in [-0.05, 0) is 48.1 Å². The Labute approximate surface area is 190 Å². The van der Waals surface area contributed by atoms with E-state index in [0.717, 1.165) is 10.6 Å². The standard InChI is InChI=1S/C21H24N6O3S2/c1-24(2)32(29,30)25-11-9-18(10-12-25)20-23-26(15-17-7-5-16(14-22)6-8-17)21(28)27(20)19-4-3-13-31-19/h3-8,13,18H,9-12,15H2,1-2H3. The van der Waals surface area contributed by atoms with Crippen LogP contribution in [0.25, 0.3) is 5.00 Å². The van der Waals surface area contributed by atoms with Gasteiger partial charge >= 0.3 is 5.69 Å². The molecular formula is C21H24N6O3S2. The molecule has 32 heavy (non-hydrogen) atoms. The average molecular weight is 473 g/mol. The van der Waals surface area contributed by atoms with Gasteiger partial charge in [0, 0.05) is 33.1 Å². The molecule has 1 aliphatic rings. The quantitative estimate of drug-likeness (QED) is 0.546. The van der Waals surface area contributed by atoms with E-state index in [9.17, 15) is 13.2 Å². The van der Waals surface area contributed by atoms with Crippen molar-refractivity contribution < 1.29 is 8.42 Å². The van der Waals surface area contributed by atoms with E-state index < -0.39 is 10.2 Å². The molecule has 1 aromatic carbocycles. The Morgan fingerprint density at radius 3 is 2.44 bits per heavy atom. The summed E-state index contributed by atoms with van der Waals surface area (Å²) in [7, 11) is -0.400. The molecule has 2 aromatic heterocycles. The van der Waals surface area contributed by atoms with Crippen molar-refractivity contribution in [3.05, 3.63) is 69.2 Å². The fourth-order valence-electron chi connectivity index (χ4n) is 3.83. The van der Waals surface area contributed by atoms with Gasteiger partial charge in [0.15, 0.2) is 0 Å². The number of benzene rings is 1. The van der Waals surface area contributed by atoms with Crippen LogP contribution in [0.3, 0.4) is 0 Å². The lowest BCUT2D eigenvalue weighted by Gasteiger charge is -2.32. The van der Waals surface area contributed by atoms with Crippen molar-refractivity contribution in [1.29, 1.82) is 5.26 Å². The van der Waals surface area contributed by atoms with Crippen molar-refractivity contribution in [2.45, 2.75) is 25.3 Å². The number of nitriles is 1. The number of hydrogen-bond donors (Lipinski definition) is 0. The highest BCUT2D eigenvalue weighted by Crippen LogP contribution is 2.30. The molecule has 9 nitrogen and oxygen atoms in total. The van der Waals surface area contributed by atoms with Crippen molar-refractivity contribution in [3.63, 3.8) is 0 Å².